The number of carbonyl (C=O) groups excluding carboxylic acids is 2. The van der Waals surface area contributed by atoms with Crippen LogP contribution in [0.1, 0.15) is 69.9 Å². The van der Waals surface area contributed by atoms with Crippen molar-refractivity contribution in [2.24, 2.45) is 0 Å². The van der Waals surface area contributed by atoms with Crippen LogP contribution in [0.3, 0.4) is 0 Å². The summed E-state index contributed by atoms with van der Waals surface area (Å²) >= 11 is 0. The Morgan fingerprint density at radius 3 is 1.51 bits per heavy atom. The molecule has 0 fully saturated rings. The highest BCUT2D eigenvalue weighted by Crippen LogP contribution is 2.45. The van der Waals surface area contributed by atoms with Crippen LogP contribution in [-0.2, 0) is 31.5 Å². The van der Waals surface area contributed by atoms with Crippen molar-refractivity contribution in [3.63, 3.8) is 0 Å². The standard InChI is InChI=1S/C26H30FN4O8P.C23H25FN6O5.C23H25FN6O4/c1-26(2)25(32)31(14-38-40(6,33)34)24-19(39-26)8-7-16(29-24)12-18-17(27)13-28-22(30-18)11-15-9-20(35-3)23(37-5)21(10-15)36-4;1-12-8-13(9-16(33-4)18(12)34-5)26-22-25-10-14(24)19(29-22)27-17-7-6-15-20(28-17)30(11-31)21(32)23(2,3)35-15;1-12-23(2,3)34-15-7-8-18(29-21(15)26-12)28-20-14(24)11-25-22(30-20)27-13-9-16(31-4)19(33-6)17(10-13)32-5/h7-10,13H,11-12,14H2,1-6H3,(H,33,34);6-10,31H,11H2,1-5H3,(H2,25,26,27,28,29);7-11H,1H2,2-6H3,(H3,25,26,27,28,29,30). The Labute approximate surface area is 624 Å². The van der Waals surface area contributed by atoms with Gasteiger partial charge in [0.2, 0.25) is 23.4 Å². The van der Waals surface area contributed by atoms with E-state index in [9.17, 15) is 37.3 Å². The number of benzene rings is 3. The smallest absolute Gasteiger partial charge is 0.326 e. The van der Waals surface area contributed by atoms with Crippen LogP contribution in [0.4, 0.5) is 77.2 Å². The van der Waals surface area contributed by atoms with Gasteiger partial charge in [-0.2, -0.15) is 9.97 Å². The van der Waals surface area contributed by atoms with Crippen molar-refractivity contribution in [2.45, 2.75) is 78.1 Å². The summed E-state index contributed by atoms with van der Waals surface area (Å²) in [5.41, 5.74) is 0.880. The van der Waals surface area contributed by atoms with E-state index in [-0.39, 0.29) is 65.3 Å². The number of aryl methyl sites for hydroxylation is 1. The number of fused-ring (bicyclic) bond motifs is 3. The lowest BCUT2D eigenvalue weighted by atomic mass is 10.0. The number of aromatic nitrogens is 9. The molecule has 3 aliphatic rings. The second kappa shape index (κ2) is 32.8. The summed E-state index contributed by atoms with van der Waals surface area (Å²) < 4.78 is 121. The molecular weight excluding hydrogens is 1450 g/mol. The first-order chi connectivity index (χ1) is 51.7. The minimum atomic E-state index is -3.89. The molecular formula is C72H80F3N16O17P. The van der Waals surface area contributed by atoms with Gasteiger partial charge in [0.1, 0.15) is 36.5 Å². The largest absolute Gasteiger partial charge is 0.493 e. The highest BCUT2D eigenvalue weighted by atomic mass is 31.2. The van der Waals surface area contributed by atoms with Gasteiger partial charge in [0.25, 0.3) is 11.8 Å². The maximum Gasteiger partial charge on any atom is 0.326 e. The summed E-state index contributed by atoms with van der Waals surface area (Å²) in [4.78, 5) is 75.6. The van der Waals surface area contributed by atoms with E-state index in [2.05, 4.69) is 78.0 Å². The molecule has 0 aliphatic carbocycles. The Morgan fingerprint density at radius 1 is 0.541 bits per heavy atom. The molecule has 3 aliphatic heterocycles. The zero-order valence-electron chi connectivity index (χ0n) is 62.2. The van der Waals surface area contributed by atoms with Gasteiger partial charge in [0.15, 0.2) is 109 Å². The minimum absolute atomic E-state index is 0.0254. The SMILES string of the molecule is C=C1Nc2nc(Nc3nc(Nc4cc(OC)c(OC)c(OC)c4)ncc3F)ccc2OC1(C)C.COc1cc(Cc2ncc(F)c(Cc3ccc4c(n3)N(COP(C)(=O)O)C(=O)C(C)(C)O4)n2)cc(OC)c1OC.COc1cc(Nc2ncc(F)c(Nc3ccc4c(n3)N(CO)C(=O)C(C)(C)O4)n2)cc(C)c1OC. The van der Waals surface area contributed by atoms with E-state index in [1.165, 1.54) is 49.8 Å². The molecule has 12 rings (SSSR count). The molecule has 33 nitrogen and oxygen atoms in total. The molecule has 0 radical (unpaired) electrons. The number of anilines is 11. The summed E-state index contributed by atoms with van der Waals surface area (Å²) in [5, 5.41) is 24.5. The number of hydrogen-bond acceptors (Lipinski definition) is 30. The van der Waals surface area contributed by atoms with Crippen molar-refractivity contribution in [3.05, 3.63) is 149 Å². The summed E-state index contributed by atoms with van der Waals surface area (Å²) in [7, 11) is 8.26. The van der Waals surface area contributed by atoms with Gasteiger partial charge in [-0.1, -0.05) is 6.58 Å². The first-order valence-corrected chi connectivity index (χ1v) is 35.0. The van der Waals surface area contributed by atoms with Crippen LogP contribution in [0.2, 0.25) is 0 Å². The van der Waals surface area contributed by atoms with E-state index in [0.717, 1.165) is 46.2 Å². The second-order valence-corrected chi connectivity index (χ2v) is 27.4. The number of amides is 2. The Morgan fingerprint density at radius 2 is 1.00 bits per heavy atom. The van der Waals surface area contributed by atoms with Crippen LogP contribution in [0.15, 0.2) is 104 Å². The van der Waals surface area contributed by atoms with E-state index in [0.29, 0.717) is 97.7 Å². The van der Waals surface area contributed by atoms with Crippen molar-refractivity contribution >= 4 is 83.4 Å². The summed E-state index contributed by atoms with van der Waals surface area (Å²) in [6.07, 6.45) is 3.38. The van der Waals surface area contributed by atoms with Gasteiger partial charge in [-0.3, -0.25) is 28.5 Å². The Balaban J connectivity index is 0.000000175. The predicted octanol–water partition coefficient (Wildman–Crippen LogP) is 11.4. The Bertz CT molecular complexity index is 4930. The van der Waals surface area contributed by atoms with E-state index in [1.54, 1.807) is 102 Å². The highest BCUT2D eigenvalue weighted by molar-refractivity contribution is 7.51. The maximum absolute atomic E-state index is 14.8. The second-order valence-electron chi connectivity index (χ2n) is 25.5. The molecule has 0 spiro atoms. The Kier molecular flexibility index (Phi) is 23.9. The van der Waals surface area contributed by atoms with Gasteiger partial charge < -0.3 is 88.7 Å². The van der Waals surface area contributed by atoms with Crippen LogP contribution in [0.25, 0.3) is 0 Å². The number of carbonyl (C=O) groups is 2. The van der Waals surface area contributed by atoms with Crippen molar-refractivity contribution in [1.82, 2.24) is 44.9 Å². The summed E-state index contributed by atoms with van der Waals surface area (Å²) in [6, 6.07) is 20.2. The average Bonchev–Trinajstić information content (AvgIpc) is 0.767. The number of hydrogen-bond donors (Lipinski definition) is 7. The molecule has 7 N–H and O–H groups in total. The molecule has 6 aromatic heterocycles. The molecule has 109 heavy (non-hydrogen) atoms. The van der Waals surface area contributed by atoms with Crippen molar-refractivity contribution in [2.75, 3.05) is 113 Å². The molecule has 3 aromatic carbocycles. The predicted molar refractivity (Wildman–Crippen MR) is 395 cm³/mol. The zero-order chi connectivity index (χ0) is 79.0. The monoisotopic (exact) mass is 1530 g/mol. The summed E-state index contributed by atoms with van der Waals surface area (Å²) in [6.45, 7) is 15.9. The van der Waals surface area contributed by atoms with E-state index in [4.69, 9.17) is 56.6 Å². The van der Waals surface area contributed by atoms with Crippen LogP contribution in [0, 0.1) is 24.4 Å². The van der Waals surface area contributed by atoms with Crippen molar-refractivity contribution in [3.8, 4) is 63.2 Å². The molecule has 576 valence electrons. The van der Waals surface area contributed by atoms with Crippen LogP contribution >= 0.6 is 7.60 Å². The van der Waals surface area contributed by atoms with Gasteiger partial charge in [0.05, 0.1) is 86.9 Å². The first-order valence-electron chi connectivity index (χ1n) is 33.0. The quantitative estimate of drug-likeness (QED) is 0.0276. The minimum Gasteiger partial charge on any atom is -0.493 e. The highest BCUT2D eigenvalue weighted by Gasteiger charge is 2.44. The van der Waals surface area contributed by atoms with Gasteiger partial charge >= 0.3 is 7.60 Å². The molecule has 9 aromatic rings. The topological polar surface area (TPSA) is 385 Å². The number of rotatable bonds is 24. The third kappa shape index (κ3) is 18.2. The number of aliphatic hydroxyl groups excluding tert-OH is 1. The number of nitrogens with zero attached hydrogens (tertiary/aromatic N) is 11. The number of ether oxygens (including phenoxy) is 11. The normalized spacial score (nSPS) is 14.6. The van der Waals surface area contributed by atoms with Crippen LogP contribution < -0.4 is 88.5 Å². The molecule has 1 unspecified atom stereocenters. The molecule has 0 saturated heterocycles. The van der Waals surface area contributed by atoms with E-state index < -0.39 is 67.1 Å². The Hall–Kier alpha value is -12.3. The number of halogens is 3. The number of nitrogens with one attached hydrogen (secondary N) is 5. The molecule has 37 heteroatoms. The average molecular weight is 1530 g/mol. The number of pyridine rings is 3. The zero-order valence-corrected chi connectivity index (χ0v) is 63.1. The van der Waals surface area contributed by atoms with Gasteiger partial charge in [-0.15, -0.1) is 0 Å². The molecule has 0 saturated carbocycles. The fourth-order valence-corrected chi connectivity index (χ4v) is 11.3. The fraction of sp³-hybridized carbons (Fsp3) is 0.319. The van der Waals surface area contributed by atoms with Crippen molar-refractivity contribution < 1.29 is 94.0 Å². The van der Waals surface area contributed by atoms with Crippen LogP contribution in [-0.4, -0.2) is 160 Å². The maximum atomic E-state index is 14.8. The summed E-state index contributed by atoms with van der Waals surface area (Å²) in [5.74, 6) is 3.62. The molecule has 0 bridgehead atoms. The fourth-order valence-electron chi connectivity index (χ4n) is 11.0. The van der Waals surface area contributed by atoms with Gasteiger partial charge in [0, 0.05) is 54.8 Å². The number of aliphatic hydroxyl groups is 1. The first kappa shape index (κ1) is 79.3. The lowest BCUT2D eigenvalue weighted by Gasteiger charge is -2.37. The van der Waals surface area contributed by atoms with Gasteiger partial charge in [-0.05, 0) is 114 Å². The lowest BCUT2D eigenvalue weighted by Crippen LogP contribution is -2.53. The molecule has 2 amide bonds. The third-order valence-corrected chi connectivity index (χ3v) is 17.0. The lowest BCUT2D eigenvalue weighted by molar-refractivity contribution is -0.134. The van der Waals surface area contributed by atoms with E-state index in [1.807, 2.05) is 26.8 Å². The van der Waals surface area contributed by atoms with E-state index >= 15 is 0 Å². The van der Waals surface area contributed by atoms with Crippen molar-refractivity contribution in [1.29, 1.82) is 0 Å². The van der Waals surface area contributed by atoms with Gasteiger partial charge in [-0.25, -0.2) is 48.1 Å². The third-order valence-electron chi connectivity index (χ3n) is 16.4. The number of methoxy groups -OCH3 is 8. The molecule has 1 atom stereocenters. The van der Waals surface area contributed by atoms with Crippen LogP contribution in [0.5, 0.6) is 63.2 Å². The molecule has 9 heterocycles.